The molecule has 3 heterocycles. The number of benzene rings is 3. The first-order valence-corrected chi connectivity index (χ1v) is 16.7. The molecule has 7 nitrogen and oxygen atoms in total. The lowest BCUT2D eigenvalue weighted by molar-refractivity contribution is 0.592. The summed E-state index contributed by atoms with van der Waals surface area (Å²) in [6, 6.07) is 21.8. The molecule has 2 unspecified atom stereocenters. The third-order valence-corrected chi connectivity index (χ3v) is 9.57. The number of aromatic nitrogens is 5. The van der Waals surface area contributed by atoms with Crippen LogP contribution in [0.2, 0.25) is 0 Å². The van der Waals surface area contributed by atoms with Crippen molar-refractivity contribution < 1.29 is 4.39 Å². The van der Waals surface area contributed by atoms with Crippen LogP contribution in [0.25, 0.3) is 43.9 Å². The van der Waals surface area contributed by atoms with Gasteiger partial charge in [0.05, 0.1) is 33.2 Å². The minimum atomic E-state index is -0.333. The molecule has 2 atom stereocenters. The molecule has 1 aliphatic rings. The summed E-state index contributed by atoms with van der Waals surface area (Å²) in [7, 11) is 0. The molecule has 0 radical (unpaired) electrons. The maximum Gasteiger partial charge on any atom is 0.130 e. The fraction of sp³-hybridized carbons (Fsp3) is 0.270. The molecule has 46 heavy (non-hydrogen) atoms. The lowest BCUT2D eigenvalue weighted by Gasteiger charge is -2.16. The Hall–Kier alpha value is -4.76. The van der Waals surface area contributed by atoms with Crippen molar-refractivity contribution in [2.24, 2.45) is 5.92 Å². The number of nitrogens with one attached hydrogen (secondary N) is 2. The molecular formula is C37H36FN7S. The van der Waals surface area contributed by atoms with Gasteiger partial charge in [-0.2, -0.15) is 0 Å². The van der Waals surface area contributed by atoms with Gasteiger partial charge in [0.2, 0.25) is 0 Å². The van der Waals surface area contributed by atoms with E-state index in [9.17, 15) is 0 Å². The van der Waals surface area contributed by atoms with Gasteiger partial charge in [-0.15, -0.1) is 11.3 Å². The summed E-state index contributed by atoms with van der Waals surface area (Å²) in [5.41, 5.74) is 10.0. The number of nitrogens with zero attached hydrogens (tertiary/aromatic N) is 5. The summed E-state index contributed by atoms with van der Waals surface area (Å²) in [4.78, 5) is 23.4. The molecule has 3 aromatic carbocycles. The predicted molar refractivity (Wildman–Crippen MR) is 186 cm³/mol. The van der Waals surface area contributed by atoms with Gasteiger partial charge in [0.1, 0.15) is 29.1 Å². The number of anilines is 2. The highest BCUT2D eigenvalue weighted by Crippen LogP contribution is 2.38. The van der Waals surface area contributed by atoms with Gasteiger partial charge >= 0.3 is 0 Å². The monoisotopic (exact) mass is 629 g/mol. The second kappa shape index (κ2) is 12.6. The number of fused-ring (bicyclic) bond motifs is 2. The Morgan fingerprint density at radius 1 is 0.870 bits per heavy atom. The van der Waals surface area contributed by atoms with Crippen LogP contribution in [0.15, 0.2) is 72.2 Å². The highest BCUT2D eigenvalue weighted by molar-refractivity contribution is 7.17. The topological polar surface area (TPSA) is 88.5 Å². The summed E-state index contributed by atoms with van der Waals surface area (Å²) in [5, 5.41) is 7.08. The molecule has 0 saturated heterocycles. The van der Waals surface area contributed by atoms with Crippen LogP contribution in [0.3, 0.4) is 0 Å². The van der Waals surface area contributed by atoms with E-state index >= 15 is 4.39 Å². The van der Waals surface area contributed by atoms with Crippen molar-refractivity contribution in [3.8, 4) is 33.6 Å². The van der Waals surface area contributed by atoms with E-state index in [2.05, 4.69) is 69.8 Å². The number of aryl methyl sites for hydroxylation is 3. The van der Waals surface area contributed by atoms with Gasteiger partial charge < -0.3 is 10.6 Å². The van der Waals surface area contributed by atoms with Crippen molar-refractivity contribution in [3.05, 3.63) is 101 Å². The molecule has 2 N–H and O–H groups in total. The maximum absolute atomic E-state index is 15.4. The lowest BCUT2D eigenvalue weighted by atomic mass is 9.98. The molecule has 0 bridgehead atoms. The van der Waals surface area contributed by atoms with Gasteiger partial charge in [-0.05, 0) is 79.6 Å². The molecule has 3 aromatic heterocycles. The molecule has 232 valence electrons. The highest BCUT2D eigenvalue weighted by Gasteiger charge is 2.23. The highest BCUT2D eigenvalue weighted by atomic mass is 32.1. The van der Waals surface area contributed by atoms with Crippen molar-refractivity contribution in [3.63, 3.8) is 0 Å². The minimum absolute atomic E-state index is 0.181. The van der Waals surface area contributed by atoms with Crippen molar-refractivity contribution in [1.29, 1.82) is 0 Å². The minimum Gasteiger partial charge on any atom is -0.370 e. The van der Waals surface area contributed by atoms with Crippen LogP contribution in [-0.4, -0.2) is 31.5 Å². The van der Waals surface area contributed by atoms with E-state index in [1.54, 1.807) is 17.4 Å². The third kappa shape index (κ3) is 6.20. The number of rotatable bonds is 9. The van der Waals surface area contributed by atoms with E-state index in [-0.39, 0.29) is 11.9 Å². The van der Waals surface area contributed by atoms with Crippen molar-refractivity contribution in [2.45, 2.75) is 53.0 Å². The van der Waals surface area contributed by atoms with E-state index in [1.165, 1.54) is 17.2 Å². The molecule has 0 saturated carbocycles. The van der Waals surface area contributed by atoms with Gasteiger partial charge in [0.15, 0.2) is 0 Å². The summed E-state index contributed by atoms with van der Waals surface area (Å²) >= 11 is 1.54. The van der Waals surface area contributed by atoms with Crippen LogP contribution in [0, 0.1) is 25.6 Å². The van der Waals surface area contributed by atoms with Gasteiger partial charge in [-0.25, -0.2) is 29.3 Å². The Kier molecular flexibility index (Phi) is 8.17. The molecule has 6 aromatic rings. The standard InChI is InChI=1S/C37H36FN7S/c1-5-21(2)19-39-35-17-32(41-22(3)43-35)27-15-30(37-34(16-27)40-20-46-37)25-12-26(14-28(38)13-25)33-18-36(44-23(4)42-33)45-31-11-10-24-8-6-7-9-29(24)31/h6-9,12-18,20-21,31H,5,10-11,19H2,1-4H3,(H,39,41,43)(H,42,44,45). The number of hydrogen-bond acceptors (Lipinski definition) is 8. The van der Waals surface area contributed by atoms with Gasteiger partial charge in [0, 0.05) is 35.4 Å². The van der Waals surface area contributed by atoms with Crippen LogP contribution in [0.1, 0.15) is 55.5 Å². The van der Waals surface area contributed by atoms with Crippen molar-refractivity contribution >= 4 is 33.2 Å². The molecule has 7 rings (SSSR count). The Morgan fingerprint density at radius 3 is 2.39 bits per heavy atom. The number of hydrogen-bond donors (Lipinski definition) is 2. The molecule has 0 fully saturated rings. The quantitative estimate of drug-likeness (QED) is 0.165. The van der Waals surface area contributed by atoms with E-state index in [4.69, 9.17) is 9.97 Å². The molecule has 0 spiro atoms. The largest absolute Gasteiger partial charge is 0.370 e. The van der Waals surface area contributed by atoms with E-state index in [0.717, 1.165) is 70.0 Å². The average molecular weight is 630 g/mol. The Balaban J connectivity index is 1.25. The van der Waals surface area contributed by atoms with E-state index < -0.39 is 0 Å². The summed E-state index contributed by atoms with van der Waals surface area (Å²) < 4.78 is 16.4. The first kappa shape index (κ1) is 29.9. The smallest absolute Gasteiger partial charge is 0.130 e. The normalized spacial score (nSPS) is 14.8. The van der Waals surface area contributed by atoms with Crippen LogP contribution < -0.4 is 10.6 Å². The average Bonchev–Trinajstić information content (AvgIpc) is 3.69. The van der Waals surface area contributed by atoms with Crippen LogP contribution in [0.5, 0.6) is 0 Å². The SMILES string of the molecule is CCC(C)CNc1cc(-c2cc(-c3cc(F)cc(-c4cc(NC5CCc6ccccc65)nc(C)n4)c3)c3scnc3c2)nc(C)n1. The second-order valence-corrected chi connectivity index (χ2v) is 13.0. The van der Waals surface area contributed by atoms with E-state index in [0.29, 0.717) is 28.8 Å². The zero-order chi connectivity index (χ0) is 31.8. The zero-order valence-electron chi connectivity index (χ0n) is 26.4. The van der Waals surface area contributed by atoms with Crippen LogP contribution >= 0.6 is 11.3 Å². The second-order valence-electron chi connectivity index (χ2n) is 12.2. The maximum atomic E-state index is 15.4. The van der Waals surface area contributed by atoms with Crippen LogP contribution in [0.4, 0.5) is 16.0 Å². The summed E-state index contributed by atoms with van der Waals surface area (Å²) in [5.74, 6) is 3.03. The Bertz CT molecular complexity index is 2060. The first-order chi connectivity index (χ1) is 22.3. The van der Waals surface area contributed by atoms with Gasteiger partial charge in [-0.1, -0.05) is 44.5 Å². The van der Waals surface area contributed by atoms with Crippen LogP contribution in [-0.2, 0) is 6.42 Å². The zero-order valence-corrected chi connectivity index (χ0v) is 27.3. The molecule has 1 aliphatic carbocycles. The first-order valence-electron chi connectivity index (χ1n) is 15.8. The third-order valence-electron chi connectivity index (χ3n) is 8.69. The van der Waals surface area contributed by atoms with Crippen molar-refractivity contribution in [1.82, 2.24) is 24.9 Å². The predicted octanol–water partition coefficient (Wildman–Crippen LogP) is 9.19. The van der Waals surface area contributed by atoms with Crippen molar-refractivity contribution in [2.75, 3.05) is 17.2 Å². The molecule has 0 aliphatic heterocycles. The number of halogens is 1. The molecule has 0 amide bonds. The Morgan fingerprint density at radius 2 is 1.59 bits per heavy atom. The number of thiazole rings is 1. The summed E-state index contributed by atoms with van der Waals surface area (Å²) in [6.45, 7) is 9.01. The Labute approximate surface area is 272 Å². The van der Waals surface area contributed by atoms with Gasteiger partial charge in [0.25, 0.3) is 0 Å². The summed E-state index contributed by atoms with van der Waals surface area (Å²) in [6.07, 6.45) is 3.13. The molecular weight excluding hydrogens is 594 g/mol. The fourth-order valence-corrected chi connectivity index (χ4v) is 6.94. The fourth-order valence-electron chi connectivity index (χ4n) is 6.13. The van der Waals surface area contributed by atoms with E-state index in [1.807, 2.05) is 43.6 Å². The molecule has 9 heteroatoms. The van der Waals surface area contributed by atoms with Gasteiger partial charge in [-0.3, -0.25) is 0 Å². The lowest BCUT2D eigenvalue weighted by Crippen LogP contribution is -2.12.